The molecular formula is C10H8ClFN4. The maximum Gasteiger partial charge on any atom is 0.151 e. The lowest BCUT2D eigenvalue weighted by molar-refractivity contribution is 0.622. The van der Waals surface area contributed by atoms with Gasteiger partial charge in [0.05, 0.1) is 10.7 Å². The average molecular weight is 239 g/mol. The minimum absolute atomic E-state index is 0.0740. The van der Waals surface area contributed by atoms with Crippen molar-refractivity contribution in [3.05, 3.63) is 40.9 Å². The molecule has 16 heavy (non-hydrogen) atoms. The lowest BCUT2D eigenvalue weighted by atomic mass is 10.1. The molecule has 1 aromatic carbocycles. The van der Waals surface area contributed by atoms with Crippen LogP contribution in [0.25, 0.3) is 11.8 Å². The fourth-order valence-electron chi connectivity index (χ4n) is 1.35. The Labute approximate surface area is 96.3 Å². The fraction of sp³-hybridized carbons (Fsp3) is 0.100. The van der Waals surface area contributed by atoms with Crippen molar-refractivity contribution < 1.29 is 4.39 Å². The minimum Gasteiger partial charge on any atom is -0.205 e. The van der Waals surface area contributed by atoms with Crippen molar-refractivity contribution in [1.29, 1.82) is 0 Å². The summed E-state index contributed by atoms with van der Waals surface area (Å²) < 4.78 is 15.2. The highest BCUT2D eigenvalue weighted by Gasteiger charge is 2.11. The first kappa shape index (κ1) is 10.8. The molecule has 0 atom stereocenters. The molecule has 1 aromatic heterocycles. The van der Waals surface area contributed by atoms with Crippen LogP contribution in [0.3, 0.4) is 0 Å². The summed E-state index contributed by atoms with van der Waals surface area (Å²) in [4.78, 5) is 0. The molecule has 0 aliphatic carbocycles. The second kappa shape index (κ2) is 4.40. The summed E-state index contributed by atoms with van der Waals surface area (Å²) >= 11 is 5.71. The zero-order valence-corrected chi connectivity index (χ0v) is 9.19. The van der Waals surface area contributed by atoms with Gasteiger partial charge in [-0.1, -0.05) is 23.8 Å². The number of aromatic nitrogens is 4. The van der Waals surface area contributed by atoms with Gasteiger partial charge in [0.1, 0.15) is 6.33 Å². The molecule has 2 rings (SSSR count). The van der Waals surface area contributed by atoms with Crippen LogP contribution < -0.4 is 0 Å². The van der Waals surface area contributed by atoms with E-state index in [0.717, 1.165) is 0 Å². The monoisotopic (exact) mass is 238 g/mol. The van der Waals surface area contributed by atoms with Gasteiger partial charge in [-0.3, -0.25) is 0 Å². The number of rotatable bonds is 2. The molecule has 2 aromatic rings. The summed E-state index contributed by atoms with van der Waals surface area (Å²) in [5.41, 5.74) is 0.910. The second-order valence-corrected chi connectivity index (χ2v) is 3.46. The predicted molar refractivity (Wildman–Crippen MR) is 58.8 cm³/mol. The van der Waals surface area contributed by atoms with Crippen molar-refractivity contribution in [3.63, 3.8) is 0 Å². The highest BCUT2D eigenvalue weighted by molar-refractivity contribution is 6.31. The Morgan fingerprint density at radius 3 is 2.88 bits per heavy atom. The van der Waals surface area contributed by atoms with Crippen LogP contribution in [0.15, 0.2) is 24.5 Å². The minimum atomic E-state index is -0.479. The van der Waals surface area contributed by atoms with Crippen molar-refractivity contribution in [2.45, 2.75) is 6.92 Å². The number of halogens is 2. The Hall–Kier alpha value is -1.75. The molecule has 4 nitrogen and oxygen atoms in total. The Morgan fingerprint density at radius 2 is 2.25 bits per heavy atom. The highest BCUT2D eigenvalue weighted by Crippen LogP contribution is 2.25. The molecule has 0 saturated heterocycles. The number of allylic oxidation sites excluding steroid dienone is 1. The maximum absolute atomic E-state index is 13.8. The molecule has 0 bridgehead atoms. The third-order valence-electron chi connectivity index (χ3n) is 2.04. The Morgan fingerprint density at radius 1 is 1.44 bits per heavy atom. The smallest absolute Gasteiger partial charge is 0.151 e. The Balaban J connectivity index is 2.66. The standard InChI is InChI=1S/C10H8ClFN4/c1-2-3-7-9(16-6-13-14-15-16)5-4-8(11)10(7)12/h2-6H,1H3/b3-2+. The maximum atomic E-state index is 13.8. The summed E-state index contributed by atoms with van der Waals surface area (Å²) in [6.07, 6.45) is 4.75. The molecule has 0 unspecified atom stereocenters. The SMILES string of the molecule is C/C=C/c1c(-n2cnnn2)ccc(Cl)c1F. The largest absolute Gasteiger partial charge is 0.205 e. The van der Waals surface area contributed by atoms with Crippen LogP contribution in [0.1, 0.15) is 12.5 Å². The number of nitrogens with zero attached hydrogens (tertiary/aromatic N) is 4. The zero-order valence-electron chi connectivity index (χ0n) is 8.43. The summed E-state index contributed by atoms with van der Waals surface area (Å²) in [6, 6.07) is 3.14. The van der Waals surface area contributed by atoms with E-state index in [0.29, 0.717) is 11.3 Å². The third kappa shape index (κ3) is 1.81. The zero-order chi connectivity index (χ0) is 11.5. The van der Waals surface area contributed by atoms with Gasteiger partial charge in [0, 0.05) is 5.56 Å². The lowest BCUT2D eigenvalue weighted by Crippen LogP contribution is -2.00. The van der Waals surface area contributed by atoms with E-state index in [1.807, 2.05) is 0 Å². The molecule has 6 heteroatoms. The van der Waals surface area contributed by atoms with Gasteiger partial charge in [-0.2, -0.15) is 4.68 Å². The first-order valence-corrected chi connectivity index (χ1v) is 4.96. The Kier molecular flexibility index (Phi) is 2.96. The molecule has 0 spiro atoms. The van der Waals surface area contributed by atoms with E-state index in [1.165, 1.54) is 17.1 Å². The molecule has 0 amide bonds. The van der Waals surface area contributed by atoms with Crippen LogP contribution in [-0.4, -0.2) is 20.2 Å². The van der Waals surface area contributed by atoms with E-state index in [-0.39, 0.29) is 5.02 Å². The number of tetrazole rings is 1. The molecule has 82 valence electrons. The van der Waals surface area contributed by atoms with Crippen molar-refractivity contribution in [3.8, 4) is 5.69 Å². The Bertz CT molecular complexity index is 522. The molecule has 0 fully saturated rings. The van der Waals surface area contributed by atoms with Gasteiger partial charge in [0.2, 0.25) is 0 Å². The first-order valence-electron chi connectivity index (χ1n) is 4.58. The number of hydrogen-bond acceptors (Lipinski definition) is 3. The van der Waals surface area contributed by atoms with Gasteiger partial charge in [-0.05, 0) is 29.5 Å². The van der Waals surface area contributed by atoms with Crippen LogP contribution in [0.2, 0.25) is 5.02 Å². The topological polar surface area (TPSA) is 43.6 Å². The van der Waals surface area contributed by atoms with Crippen LogP contribution in [0.5, 0.6) is 0 Å². The van der Waals surface area contributed by atoms with Gasteiger partial charge in [0.25, 0.3) is 0 Å². The first-order chi connectivity index (χ1) is 7.74. The molecule has 0 aliphatic rings. The van der Waals surface area contributed by atoms with Crippen molar-refractivity contribution >= 4 is 17.7 Å². The van der Waals surface area contributed by atoms with Crippen LogP contribution in [0, 0.1) is 5.82 Å². The van der Waals surface area contributed by atoms with Crippen LogP contribution >= 0.6 is 11.6 Å². The summed E-state index contributed by atoms with van der Waals surface area (Å²) in [5, 5.41) is 10.8. The van der Waals surface area contributed by atoms with Gasteiger partial charge in [-0.25, -0.2) is 4.39 Å². The van der Waals surface area contributed by atoms with Gasteiger partial charge in [-0.15, -0.1) is 5.10 Å². The van der Waals surface area contributed by atoms with Crippen molar-refractivity contribution in [2.24, 2.45) is 0 Å². The highest BCUT2D eigenvalue weighted by atomic mass is 35.5. The molecule has 0 N–H and O–H groups in total. The number of benzene rings is 1. The van der Waals surface area contributed by atoms with E-state index in [9.17, 15) is 4.39 Å². The van der Waals surface area contributed by atoms with Crippen molar-refractivity contribution in [1.82, 2.24) is 20.2 Å². The van der Waals surface area contributed by atoms with E-state index < -0.39 is 5.82 Å². The average Bonchev–Trinajstić information content (AvgIpc) is 2.79. The quantitative estimate of drug-likeness (QED) is 0.807. The summed E-state index contributed by atoms with van der Waals surface area (Å²) in [6.45, 7) is 1.80. The predicted octanol–water partition coefficient (Wildman–Crippen LogP) is 2.49. The molecule has 0 aliphatic heterocycles. The number of hydrogen-bond donors (Lipinski definition) is 0. The van der Waals surface area contributed by atoms with Crippen LogP contribution in [0.4, 0.5) is 4.39 Å². The summed E-state index contributed by atoms with van der Waals surface area (Å²) in [5.74, 6) is -0.479. The van der Waals surface area contributed by atoms with Crippen LogP contribution in [-0.2, 0) is 0 Å². The normalized spacial score (nSPS) is 11.2. The van der Waals surface area contributed by atoms with E-state index in [4.69, 9.17) is 11.6 Å². The van der Waals surface area contributed by atoms with E-state index in [1.54, 1.807) is 25.1 Å². The molecule has 1 heterocycles. The third-order valence-corrected chi connectivity index (χ3v) is 2.33. The lowest BCUT2D eigenvalue weighted by Gasteiger charge is -2.06. The van der Waals surface area contributed by atoms with Gasteiger partial charge < -0.3 is 0 Å². The fourth-order valence-corrected chi connectivity index (χ4v) is 1.52. The molecule has 0 saturated carbocycles. The van der Waals surface area contributed by atoms with Gasteiger partial charge >= 0.3 is 0 Å². The molecular weight excluding hydrogens is 231 g/mol. The van der Waals surface area contributed by atoms with E-state index in [2.05, 4.69) is 15.5 Å². The van der Waals surface area contributed by atoms with E-state index >= 15 is 0 Å². The molecule has 0 radical (unpaired) electrons. The second-order valence-electron chi connectivity index (χ2n) is 3.05. The van der Waals surface area contributed by atoms with Crippen molar-refractivity contribution in [2.75, 3.05) is 0 Å². The summed E-state index contributed by atoms with van der Waals surface area (Å²) in [7, 11) is 0. The van der Waals surface area contributed by atoms with Gasteiger partial charge in [0.15, 0.2) is 5.82 Å².